The van der Waals surface area contributed by atoms with Crippen molar-refractivity contribution in [2.24, 2.45) is 0 Å². The highest BCUT2D eigenvalue weighted by Crippen LogP contribution is 2.21. The lowest BCUT2D eigenvalue weighted by molar-refractivity contribution is 0.240. The smallest absolute Gasteiger partial charge is 0.123 e. The lowest BCUT2D eigenvalue weighted by Gasteiger charge is -2.13. The van der Waals surface area contributed by atoms with Gasteiger partial charge in [0.2, 0.25) is 0 Å². The van der Waals surface area contributed by atoms with Gasteiger partial charge in [0, 0.05) is 0 Å². The van der Waals surface area contributed by atoms with Gasteiger partial charge in [-0.1, -0.05) is 6.92 Å². The first-order chi connectivity index (χ1) is 6.13. The number of benzene rings is 1. The number of ether oxygens (including phenoxy) is 1. The van der Waals surface area contributed by atoms with Gasteiger partial charge < -0.3 is 4.74 Å². The number of hydrogen-bond acceptors (Lipinski definition) is 1. The van der Waals surface area contributed by atoms with Gasteiger partial charge in [-0.3, -0.25) is 0 Å². The monoisotopic (exact) mass is 182 g/mol. The number of rotatable bonds is 3. The zero-order chi connectivity index (χ0) is 9.84. The number of halogens is 1. The molecule has 0 bridgehead atoms. The van der Waals surface area contributed by atoms with Crippen LogP contribution in [0, 0.1) is 5.82 Å². The van der Waals surface area contributed by atoms with E-state index in [4.69, 9.17) is 4.74 Å². The van der Waals surface area contributed by atoms with Crippen LogP contribution in [0.2, 0.25) is 0 Å². The molecule has 0 heterocycles. The molecule has 1 aromatic rings. The highest BCUT2D eigenvalue weighted by molar-refractivity contribution is 5.34. The Kier molecular flexibility index (Phi) is 3.29. The minimum Gasteiger partial charge on any atom is -0.491 e. The zero-order valence-corrected chi connectivity index (χ0v) is 8.30. The summed E-state index contributed by atoms with van der Waals surface area (Å²) in [7, 11) is 0. The second-order valence-electron chi connectivity index (χ2n) is 3.27. The van der Waals surface area contributed by atoms with E-state index in [-0.39, 0.29) is 11.9 Å². The molecular weight excluding hydrogens is 167 g/mol. The van der Waals surface area contributed by atoms with Crippen LogP contribution in [0.15, 0.2) is 18.2 Å². The molecule has 0 radical (unpaired) electrons. The van der Waals surface area contributed by atoms with E-state index in [1.165, 1.54) is 12.1 Å². The fraction of sp³-hybridized carbons (Fsp3) is 0.455. The molecule has 0 amide bonds. The Morgan fingerprint density at radius 2 is 2.08 bits per heavy atom. The second kappa shape index (κ2) is 4.26. The molecular formula is C11H15FO. The number of aryl methyl sites for hydroxylation is 1. The van der Waals surface area contributed by atoms with E-state index >= 15 is 0 Å². The lowest BCUT2D eigenvalue weighted by atomic mass is 10.1. The topological polar surface area (TPSA) is 9.23 Å². The minimum atomic E-state index is -0.201. The molecule has 1 nitrogen and oxygen atoms in total. The molecule has 0 aliphatic rings. The van der Waals surface area contributed by atoms with Crippen molar-refractivity contribution in [1.29, 1.82) is 0 Å². The van der Waals surface area contributed by atoms with Crippen LogP contribution in [0.1, 0.15) is 26.3 Å². The van der Waals surface area contributed by atoms with Crippen molar-refractivity contribution in [2.45, 2.75) is 33.3 Å². The molecule has 0 aromatic heterocycles. The summed E-state index contributed by atoms with van der Waals surface area (Å²) in [5, 5.41) is 0. The zero-order valence-electron chi connectivity index (χ0n) is 8.30. The average molecular weight is 182 g/mol. The molecule has 0 N–H and O–H groups in total. The first kappa shape index (κ1) is 10.0. The predicted molar refractivity (Wildman–Crippen MR) is 51.5 cm³/mol. The molecule has 2 heteroatoms. The predicted octanol–water partition coefficient (Wildman–Crippen LogP) is 3.18. The molecule has 72 valence electrons. The molecule has 0 fully saturated rings. The first-order valence-electron chi connectivity index (χ1n) is 4.58. The van der Waals surface area contributed by atoms with Crippen LogP contribution in [-0.4, -0.2) is 6.10 Å². The van der Waals surface area contributed by atoms with Gasteiger partial charge in [0.15, 0.2) is 0 Å². The highest BCUT2D eigenvalue weighted by Gasteiger charge is 2.04. The molecule has 1 aromatic carbocycles. The minimum absolute atomic E-state index is 0.135. The van der Waals surface area contributed by atoms with Crippen molar-refractivity contribution < 1.29 is 9.13 Å². The van der Waals surface area contributed by atoms with Crippen LogP contribution >= 0.6 is 0 Å². The van der Waals surface area contributed by atoms with Crippen LogP contribution in [0.5, 0.6) is 5.75 Å². The summed E-state index contributed by atoms with van der Waals surface area (Å²) in [4.78, 5) is 0. The normalized spacial score (nSPS) is 10.5. The fourth-order valence-electron chi connectivity index (χ4n) is 1.19. The van der Waals surface area contributed by atoms with Crippen LogP contribution in [0.25, 0.3) is 0 Å². The Balaban J connectivity index is 2.92. The van der Waals surface area contributed by atoms with E-state index in [0.717, 1.165) is 17.7 Å². The second-order valence-corrected chi connectivity index (χ2v) is 3.27. The Morgan fingerprint density at radius 1 is 1.38 bits per heavy atom. The molecule has 0 saturated heterocycles. The van der Waals surface area contributed by atoms with E-state index in [1.807, 2.05) is 20.8 Å². The third kappa shape index (κ3) is 2.72. The van der Waals surface area contributed by atoms with E-state index in [0.29, 0.717) is 0 Å². The van der Waals surface area contributed by atoms with Gasteiger partial charge in [0.1, 0.15) is 11.6 Å². The molecule has 0 aliphatic carbocycles. The first-order valence-corrected chi connectivity index (χ1v) is 4.58. The Morgan fingerprint density at radius 3 is 2.62 bits per heavy atom. The third-order valence-corrected chi connectivity index (χ3v) is 1.77. The standard InChI is InChI=1S/C11H15FO/c1-4-9-7-10(12)5-6-11(9)13-8(2)3/h5-8H,4H2,1-3H3. The summed E-state index contributed by atoms with van der Waals surface area (Å²) in [5.74, 6) is 0.590. The Bertz CT molecular complexity index is 281. The largest absolute Gasteiger partial charge is 0.491 e. The maximum Gasteiger partial charge on any atom is 0.123 e. The van der Waals surface area contributed by atoms with Crippen molar-refractivity contribution >= 4 is 0 Å². The molecule has 0 spiro atoms. The molecule has 0 aliphatic heterocycles. The number of hydrogen-bond donors (Lipinski definition) is 0. The summed E-state index contributed by atoms with van der Waals surface area (Å²) >= 11 is 0. The van der Waals surface area contributed by atoms with Crippen molar-refractivity contribution in [2.75, 3.05) is 0 Å². The Labute approximate surface area is 78.5 Å². The maximum absolute atomic E-state index is 12.8. The summed E-state index contributed by atoms with van der Waals surface area (Å²) in [6, 6.07) is 4.64. The summed E-state index contributed by atoms with van der Waals surface area (Å²) in [6.07, 6.45) is 0.926. The van der Waals surface area contributed by atoms with E-state index in [2.05, 4.69) is 0 Å². The molecule has 13 heavy (non-hydrogen) atoms. The van der Waals surface area contributed by atoms with Crippen LogP contribution < -0.4 is 4.74 Å². The van der Waals surface area contributed by atoms with Gasteiger partial charge in [-0.25, -0.2) is 4.39 Å². The van der Waals surface area contributed by atoms with E-state index in [9.17, 15) is 4.39 Å². The molecule has 0 saturated carbocycles. The van der Waals surface area contributed by atoms with Gasteiger partial charge in [0.05, 0.1) is 6.10 Å². The maximum atomic E-state index is 12.8. The average Bonchev–Trinajstić information content (AvgIpc) is 2.07. The third-order valence-electron chi connectivity index (χ3n) is 1.77. The molecule has 0 atom stereocenters. The van der Waals surface area contributed by atoms with Crippen LogP contribution in [-0.2, 0) is 6.42 Å². The van der Waals surface area contributed by atoms with E-state index in [1.54, 1.807) is 6.07 Å². The van der Waals surface area contributed by atoms with Crippen molar-refractivity contribution in [1.82, 2.24) is 0 Å². The van der Waals surface area contributed by atoms with Gasteiger partial charge in [-0.05, 0) is 44.0 Å². The van der Waals surface area contributed by atoms with Crippen LogP contribution in [0.3, 0.4) is 0 Å². The van der Waals surface area contributed by atoms with Crippen molar-refractivity contribution in [3.05, 3.63) is 29.6 Å². The van der Waals surface area contributed by atoms with Crippen molar-refractivity contribution in [3.8, 4) is 5.75 Å². The van der Waals surface area contributed by atoms with Gasteiger partial charge in [-0.2, -0.15) is 0 Å². The van der Waals surface area contributed by atoms with Gasteiger partial charge in [0.25, 0.3) is 0 Å². The summed E-state index contributed by atoms with van der Waals surface area (Å²) < 4.78 is 18.3. The fourth-order valence-corrected chi connectivity index (χ4v) is 1.19. The highest BCUT2D eigenvalue weighted by atomic mass is 19.1. The van der Waals surface area contributed by atoms with Gasteiger partial charge >= 0.3 is 0 Å². The summed E-state index contributed by atoms with van der Waals surface area (Å²) in [5.41, 5.74) is 0.925. The lowest BCUT2D eigenvalue weighted by Crippen LogP contribution is -2.07. The van der Waals surface area contributed by atoms with Crippen LogP contribution in [0.4, 0.5) is 4.39 Å². The summed E-state index contributed by atoms with van der Waals surface area (Å²) in [6.45, 7) is 5.91. The molecule has 0 unspecified atom stereocenters. The SMILES string of the molecule is CCc1cc(F)ccc1OC(C)C. The quantitative estimate of drug-likeness (QED) is 0.697. The molecule has 1 rings (SSSR count). The Hall–Kier alpha value is -1.05. The van der Waals surface area contributed by atoms with Crippen molar-refractivity contribution in [3.63, 3.8) is 0 Å². The van der Waals surface area contributed by atoms with Gasteiger partial charge in [-0.15, -0.1) is 0 Å². The van der Waals surface area contributed by atoms with E-state index < -0.39 is 0 Å².